The van der Waals surface area contributed by atoms with E-state index in [1.807, 2.05) is 31.8 Å². The topological polar surface area (TPSA) is 42.7 Å². The van der Waals surface area contributed by atoms with Crippen molar-refractivity contribution in [3.63, 3.8) is 0 Å². The zero-order valence-corrected chi connectivity index (χ0v) is 10.3. The molecule has 0 saturated heterocycles. The highest BCUT2D eigenvalue weighted by molar-refractivity contribution is 5.55. The second kappa shape index (κ2) is 5.59. The van der Waals surface area contributed by atoms with Crippen molar-refractivity contribution in [3.8, 4) is 11.4 Å². The fourth-order valence-corrected chi connectivity index (χ4v) is 1.90. The van der Waals surface area contributed by atoms with Crippen molar-refractivity contribution in [2.45, 2.75) is 26.4 Å². The maximum absolute atomic E-state index is 4.41. The predicted octanol–water partition coefficient (Wildman–Crippen LogP) is 2.07. The Bertz CT molecular complexity index is 476. The summed E-state index contributed by atoms with van der Waals surface area (Å²) in [6.45, 7) is 3.99. The molecule has 0 bridgehead atoms. The number of imidazole rings is 1. The molecule has 1 N–H and O–H groups in total. The zero-order chi connectivity index (χ0) is 12.1. The van der Waals surface area contributed by atoms with E-state index in [1.54, 1.807) is 0 Å². The Morgan fingerprint density at radius 3 is 3.00 bits per heavy atom. The number of aryl methyl sites for hydroxylation is 1. The largest absolute Gasteiger partial charge is 0.331 e. The van der Waals surface area contributed by atoms with E-state index in [0.717, 1.165) is 30.9 Å². The molecule has 0 spiro atoms. The van der Waals surface area contributed by atoms with Crippen molar-refractivity contribution in [1.82, 2.24) is 19.9 Å². The Labute approximate surface area is 102 Å². The summed E-state index contributed by atoms with van der Waals surface area (Å²) in [4.78, 5) is 8.68. The summed E-state index contributed by atoms with van der Waals surface area (Å²) in [7, 11) is 1.94. The summed E-state index contributed by atoms with van der Waals surface area (Å²) in [5.74, 6) is 0.998. The van der Waals surface area contributed by atoms with Crippen LogP contribution in [0.1, 0.15) is 18.9 Å². The number of nitrogens with one attached hydrogen (secondary N) is 1. The molecule has 0 radical (unpaired) electrons. The Kier molecular flexibility index (Phi) is 3.88. The van der Waals surface area contributed by atoms with E-state index in [4.69, 9.17) is 0 Å². The molecule has 2 rings (SSSR count). The van der Waals surface area contributed by atoms with Gasteiger partial charge in [0.1, 0.15) is 5.82 Å². The van der Waals surface area contributed by atoms with Crippen LogP contribution in [0.3, 0.4) is 0 Å². The van der Waals surface area contributed by atoms with Gasteiger partial charge in [0.15, 0.2) is 0 Å². The Hall–Kier alpha value is -1.68. The van der Waals surface area contributed by atoms with Crippen LogP contribution in [-0.2, 0) is 13.1 Å². The molecular formula is C13H18N4. The molecule has 0 saturated carbocycles. The number of aromatic nitrogens is 3. The van der Waals surface area contributed by atoms with Crippen LogP contribution in [0.2, 0.25) is 0 Å². The van der Waals surface area contributed by atoms with Gasteiger partial charge in [0.2, 0.25) is 0 Å². The van der Waals surface area contributed by atoms with Gasteiger partial charge in [-0.2, -0.15) is 0 Å². The van der Waals surface area contributed by atoms with Gasteiger partial charge in [-0.3, -0.25) is 4.98 Å². The molecule has 0 aliphatic carbocycles. The van der Waals surface area contributed by atoms with E-state index in [-0.39, 0.29) is 0 Å². The van der Waals surface area contributed by atoms with Crippen molar-refractivity contribution < 1.29 is 0 Å². The summed E-state index contributed by atoms with van der Waals surface area (Å²) in [6, 6.07) is 2.14. The first-order valence-electron chi connectivity index (χ1n) is 5.95. The first kappa shape index (κ1) is 11.8. The van der Waals surface area contributed by atoms with E-state index in [1.165, 1.54) is 5.56 Å². The van der Waals surface area contributed by atoms with E-state index >= 15 is 0 Å². The molecule has 0 fully saturated rings. The lowest BCUT2D eigenvalue weighted by Gasteiger charge is -2.07. The second-order valence-electron chi connectivity index (χ2n) is 4.06. The fourth-order valence-electron chi connectivity index (χ4n) is 1.90. The van der Waals surface area contributed by atoms with Gasteiger partial charge < -0.3 is 9.88 Å². The molecular weight excluding hydrogens is 212 g/mol. The van der Waals surface area contributed by atoms with E-state index in [0.29, 0.717) is 0 Å². The van der Waals surface area contributed by atoms with Gasteiger partial charge in [-0.05, 0) is 25.1 Å². The van der Waals surface area contributed by atoms with Crippen LogP contribution in [0.25, 0.3) is 11.4 Å². The summed E-state index contributed by atoms with van der Waals surface area (Å²) in [5, 5.41) is 3.13. The average molecular weight is 230 g/mol. The van der Waals surface area contributed by atoms with Crippen LogP contribution in [0.4, 0.5) is 0 Å². The molecule has 90 valence electrons. The third-order valence-electron chi connectivity index (χ3n) is 2.61. The van der Waals surface area contributed by atoms with Gasteiger partial charge in [-0.1, -0.05) is 6.92 Å². The quantitative estimate of drug-likeness (QED) is 0.855. The predicted molar refractivity (Wildman–Crippen MR) is 68.5 cm³/mol. The van der Waals surface area contributed by atoms with Crippen LogP contribution in [0, 0.1) is 0 Å². The number of hydrogen-bond acceptors (Lipinski definition) is 3. The van der Waals surface area contributed by atoms with Crippen LogP contribution >= 0.6 is 0 Å². The molecule has 0 aliphatic rings. The highest BCUT2D eigenvalue weighted by atomic mass is 15.1. The first-order valence-corrected chi connectivity index (χ1v) is 5.95. The van der Waals surface area contributed by atoms with Crippen LogP contribution in [-0.4, -0.2) is 21.6 Å². The lowest BCUT2D eigenvalue weighted by atomic mass is 10.2. The highest BCUT2D eigenvalue weighted by Gasteiger charge is 2.06. The minimum Gasteiger partial charge on any atom is -0.331 e. The van der Waals surface area contributed by atoms with Crippen molar-refractivity contribution in [2.24, 2.45) is 0 Å². The second-order valence-corrected chi connectivity index (χ2v) is 4.06. The van der Waals surface area contributed by atoms with Crippen molar-refractivity contribution in [1.29, 1.82) is 0 Å². The SMILES string of the molecule is CCCn1ccnc1-c1cncc(CNC)c1. The smallest absolute Gasteiger partial charge is 0.141 e. The third-order valence-corrected chi connectivity index (χ3v) is 2.61. The van der Waals surface area contributed by atoms with E-state index < -0.39 is 0 Å². The van der Waals surface area contributed by atoms with E-state index in [2.05, 4.69) is 32.8 Å². The van der Waals surface area contributed by atoms with Crippen molar-refractivity contribution >= 4 is 0 Å². The number of pyridine rings is 1. The van der Waals surface area contributed by atoms with Gasteiger partial charge in [-0.25, -0.2) is 4.98 Å². The summed E-state index contributed by atoms with van der Waals surface area (Å²) < 4.78 is 2.17. The molecule has 2 aromatic rings. The minimum atomic E-state index is 0.829. The minimum absolute atomic E-state index is 0.829. The third kappa shape index (κ3) is 2.71. The van der Waals surface area contributed by atoms with Crippen LogP contribution in [0.15, 0.2) is 30.9 Å². The van der Waals surface area contributed by atoms with Crippen LogP contribution in [0.5, 0.6) is 0 Å². The number of rotatable bonds is 5. The van der Waals surface area contributed by atoms with Gasteiger partial charge >= 0.3 is 0 Å². The molecule has 0 unspecified atom stereocenters. The molecule has 4 nitrogen and oxygen atoms in total. The monoisotopic (exact) mass is 230 g/mol. The molecule has 0 aliphatic heterocycles. The molecule has 0 amide bonds. The fraction of sp³-hybridized carbons (Fsp3) is 0.385. The molecule has 0 atom stereocenters. The summed E-state index contributed by atoms with van der Waals surface area (Å²) >= 11 is 0. The van der Waals surface area contributed by atoms with E-state index in [9.17, 15) is 0 Å². The summed E-state index contributed by atoms with van der Waals surface area (Å²) in [6.07, 6.45) is 8.72. The maximum atomic E-state index is 4.41. The first-order chi connectivity index (χ1) is 8.35. The van der Waals surface area contributed by atoms with Gasteiger partial charge in [0.25, 0.3) is 0 Å². The normalized spacial score (nSPS) is 10.7. The maximum Gasteiger partial charge on any atom is 0.141 e. The summed E-state index contributed by atoms with van der Waals surface area (Å²) in [5.41, 5.74) is 2.26. The Balaban J connectivity index is 2.31. The van der Waals surface area contributed by atoms with Gasteiger partial charge in [0.05, 0.1) is 0 Å². The lowest BCUT2D eigenvalue weighted by Crippen LogP contribution is -2.06. The van der Waals surface area contributed by atoms with Crippen molar-refractivity contribution in [2.75, 3.05) is 7.05 Å². The molecule has 2 heterocycles. The number of nitrogens with zero attached hydrogens (tertiary/aromatic N) is 3. The van der Waals surface area contributed by atoms with Crippen molar-refractivity contribution in [3.05, 3.63) is 36.4 Å². The molecule has 17 heavy (non-hydrogen) atoms. The van der Waals surface area contributed by atoms with Gasteiger partial charge in [0, 0.05) is 43.4 Å². The zero-order valence-electron chi connectivity index (χ0n) is 10.3. The highest BCUT2D eigenvalue weighted by Crippen LogP contribution is 2.17. The number of hydrogen-bond donors (Lipinski definition) is 1. The average Bonchev–Trinajstić information content (AvgIpc) is 2.79. The molecule has 4 heteroatoms. The molecule has 2 aromatic heterocycles. The van der Waals surface area contributed by atoms with Gasteiger partial charge in [-0.15, -0.1) is 0 Å². The van der Waals surface area contributed by atoms with Crippen LogP contribution < -0.4 is 5.32 Å². The Morgan fingerprint density at radius 2 is 2.24 bits per heavy atom. The molecule has 0 aromatic carbocycles. The Morgan fingerprint density at radius 1 is 1.35 bits per heavy atom. The standard InChI is InChI=1S/C13H18N4/c1-3-5-17-6-4-16-13(17)12-7-11(8-14-2)9-15-10-12/h4,6-7,9-10,14H,3,5,8H2,1-2H3. The lowest BCUT2D eigenvalue weighted by molar-refractivity contribution is 0.685.